The third-order valence-corrected chi connectivity index (χ3v) is 1.02. The molecule has 0 aromatic heterocycles. The first kappa shape index (κ1) is 5.21. The van der Waals surface area contributed by atoms with E-state index in [0.717, 1.165) is 0 Å². The van der Waals surface area contributed by atoms with E-state index in [4.69, 9.17) is 0 Å². The van der Waals surface area contributed by atoms with Gasteiger partial charge in [-0.3, -0.25) is 0 Å². The van der Waals surface area contributed by atoms with Crippen molar-refractivity contribution in [3.63, 3.8) is 0 Å². The molecule has 0 aromatic carbocycles. The SMILES string of the molecule is CN1CCN=NC1=O. The lowest BCUT2D eigenvalue weighted by Crippen LogP contribution is -2.28. The summed E-state index contributed by atoms with van der Waals surface area (Å²) < 4.78 is 0. The quantitative estimate of drug-likeness (QED) is 0.451. The van der Waals surface area contributed by atoms with Crippen molar-refractivity contribution >= 4 is 6.03 Å². The van der Waals surface area contributed by atoms with E-state index in [-0.39, 0.29) is 6.03 Å². The Morgan fingerprint density at radius 1 is 1.75 bits per heavy atom. The number of urea groups is 1. The predicted molar refractivity (Wildman–Crippen MR) is 27.7 cm³/mol. The molecule has 4 heteroatoms. The first-order valence-electron chi connectivity index (χ1n) is 2.43. The van der Waals surface area contributed by atoms with E-state index in [9.17, 15) is 4.79 Å². The zero-order valence-corrected chi connectivity index (χ0v) is 4.66. The molecule has 1 aliphatic heterocycles. The van der Waals surface area contributed by atoms with Crippen LogP contribution in [0.25, 0.3) is 0 Å². The van der Waals surface area contributed by atoms with Gasteiger partial charge in [-0.05, 0) is 0 Å². The van der Waals surface area contributed by atoms with Gasteiger partial charge in [0.25, 0.3) is 0 Å². The molecule has 0 spiro atoms. The Morgan fingerprint density at radius 3 is 2.88 bits per heavy atom. The molecule has 8 heavy (non-hydrogen) atoms. The second kappa shape index (κ2) is 1.90. The number of azo groups is 1. The summed E-state index contributed by atoms with van der Waals surface area (Å²) in [5, 5.41) is 6.87. The molecule has 0 fully saturated rings. The average molecular weight is 113 g/mol. The van der Waals surface area contributed by atoms with Crippen LogP contribution in [0.4, 0.5) is 4.79 Å². The Bertz CT molecular complexity index is 131. The molecular weight excluding hydrogens is 106 g/mol. The summed E-state index contributed by atoms with van der Waals surface area (Å²) in [4.78, 5) is 12.0. The van der Waals surface area contributed by atoms with Crippen molar-refractivity contribution in [2.75, 3.05) is 20.1 Å². The second-order valence-electron chi connectivity index (χ2n) is 1.67. The molecule has 0 N–H and O–H groups in total. The third kappa shape index (κ3) is 0.828. The maximum absolute atomic E-state index is 10.5. The van der Waals surface area contributed by atoms with Crippen molar-refractivity contribution in [1.29, 1.82) is 0 Å². The van der Waals surface area contributed by atoms with Gasteiger partial charge in [-0.1, -0.05) is 5.11 Å². The van der Waals surface area contributed by atoms with E-state index in [1.54, 1.807) is 7.05 Å². The molecule has 0 bridgehead atoms. The number of hydrogen-bond acceptors (Lipinski definition) is 2. The minimum Gasteiger partial charge on any atom is -0.323 e. The Morgan fingerprint density at radius 2 is 2.50 bits per heavy atom. The molecule has 0 atom stereocenters. The number of carbonyl (C=O) groups is 1. The van der Waals surface area contributed by atoms with Crippen molar-refractivity contribution < 1.29 is 4.79 Å². The molecule has 0 unspecified atom stereocenters. The molecule has 0 saturated heterocycles. The van der Waals surface area contributed by atoms with Gasteiger partial charge in [-0.25, -0.2) is 4.79 Å². The monoisotopic (exact) mass is 113 g/mol. The molecule has 1 rings (SSSR count). The maximum atomic E-state index is 10.5. The van der Waals surface area contributed by atoms with Crippen LogP contribution in [-0.2, 0) is 0 Å². The van der Waals surface area contributed by atoms with Gasteiger partial charge in [0.1, 0.15) is 0 Å². The van der Waals surface area contributed by atoms with Gasteiger partial charge < -0.3 is 4.90 Å². The number of rotatable bonds is 0. The van der Waals surface area contributed by atoms with Gasteiger partial charge in [-0.15, -0.1) is 0 Å². The van der Waals surface area contributed by atoms with Crippen molar-refractivity contribution in [1.82, 2.24) is 4.90 Å². The van der Waals surface area contributed by atoms with Crippen molar-refractivity contribution in [3.05, 3.63) is 0 Å². The largest absolute Gasteiger partial charge is 0.361 e. The van der Waals surface area contributed by atoms with Gasteiger partial charge in [0, 0.05) is 13.6 Å². The molecule has 0 saturated carbocycles. The summed E-state index contributed by atoms with van der Waals surface area (Å²) in [6.45, 7) is 1.34. The molecule has 44 valence electrons. The molecule has 1 heterocycles. The van der Waals surface area contributed by atoms with Gasteiger partial charge in [-0.2, -0.15) is 5.11 Å². The topological polar surface area (TPSA) is 45.0 Å². The average Bonchev–Trinajstić information content (AvgIpc) is 1.77. The molecule has 4 nitrogen and oxygen atoms in total. The lowest BCUT2D eigenvalue weighted by atomic mass is 10.5. The Kier molecular flexibility index (Phi) is 1.24. The van der Waals surface area contributed by atoms with Crippen LogP contribution in [0.2, 0.25) is 0 Å². The van der Waals surface area contributed by atoms with Crippen LogP contribution in [0, 0.1) is 0 Å². The number of carbonyl (C=O) groups excluding carboxylic acids is 1. The lowest BCUT2D eigenvalue weighted by molar-refractivity contribution is 0.213. The standard InChI is InChI=1S/C4H7N3O/c1-7-3-2-5-6-4(7)8/h2-3H2,1H3. The van der Waals surface area contributed by atoms with Crippen LogP contribution in [-0.4, -0.2) is 31.1 Å². The summed E-state index contributed by atoms with van der Waals surface area (Å²) in [7, 11) is 1.71. The van der Waals surface area contributed by atoms with E-state index in [2.05, 4.69) is 10.2 Å². The Hall–Kier alpha value is -0.930. The molecule has 0 radical (unpaired) electrons. The molecule has 2 amide bonds. The fraction of sp³-hybridized carbons (Fsp3) is 0.750. The highest BCUT2D eigenvalue weighted by molar-refractivity contribution is 5.74. The van der Waals surface area contributed by atoms with Crippen LogP contribution in [0.1, 0.15) is 0 Å². The van der Waals surface area contributed by atoms with E-state index >= 15 is 0 Å². The van der Waals surface area contributed by atoms with E-state index in [1.807, 2.05) is 0 Å². The van der Waals surface area contributed by atoms with Crippen molar-refractivity contribution in [3.8, 4) is 0 Å². The van der Waals surface area contributed by atoms with Crippen LogP contribution in [0.15, 0.2) is 10.2 Å². The number of likely N-dealkylation sites (N-methyl/N-ethyl adjacent to an activating group) is 1. The lowest BCUT2D eigenvalue weighted by Gasteiger charge is -2.14. The van der Waals surface area contributed by atoms with Crippen LogP contribution >= 0.6 is 0 Å². The van der Waals surface area contributed by atoms with Crippen LogP contribution < -0.4 is 0 Å². The normalized spacial score (nSPS) is 19.6. The first-order valence-corrected chi connectivity index (χ1v) is 2.43. The minimum absolute atomic E-state index is 0.240. The Labute approximate surface area is 47.2 Å². The van der Waals surface area contributed by atoms with Gasteiger partial charge in [0.15, 0.2) is 0 Å². The third-order valence-electron chi connectivity index (χ3n) is 1.02. The molecule has 1 aliphatic rings. The highest BCUT2D eigenvalue weighted by Gasteiger charge is 2.09. The zero-order valence-electron chi connectivity index (χ0n) is 4.66. The fourth-order valence-electron chi connectivity index (χ4n) is 0.477. The first-order chi connectivity index (χ1) is 3.80. The Balaban J connectivity index is 2.60. The summed E-state index contributed by atoms with van der Waals surface area (Å²) >= 11 is 0. The van der Waals surface area contributed by atoms with E-state index in [1.165, 1.54) is 4.90 Å². The summed E-state index contributed by atoms with van der Waals surface area (Å²) in [6.07, 6.45) is 0. The smallest absolute Gasteiger partial charge is 0.323 e. The maximum Gasteiger partial charge on any atom is 0.361 e. The number of amides is 2. The van der Waals surface area contributed by atoms with Gasteiger partial charge in [0.05, 0.1) is 6.54 Å². The highest BCUT2D eigenvalue weighted by atomic mass is 16.2. The van der Waals surface area contributed by atoms with Crippen molar-refractivity contribution in [2.24, 2.45) is 10.2 Å². The van der Waals surface area contributed by atoms with E-state index in [0.29, 0.717) is 13.1 Å². The summed E-state index contributed by atoms with van der Waals surface area (Å²) in [5.41, 5.74) is 0. The highest BCUT2D eigenvalue weighted by Crippen LogP contribution is 1.95. The number of hydrogen-bond donors (Lipinski definition) is 0. The molecule has 0 aliphatic carbocycles. The van der Waals surface area contributed by atoms with Gasteiger partial charge >= 0.3 is 6.03 Å². The molecular formula is C4H7N3O. The summed E-state index contributed by atoms with van der Waals surface area (Å²) in [6, 6.07) is -0.240. The fourth-order valence-corrected chi connectivity index (χ4v) is 0.477. The van der Waals surface area contributed by atoms with E-state index < -0.39 is 0 Å². The minimum atomic E-state index is -0.240. The molecule has 0 aromatic rings. The second-order valence-corrected chi connectivity index (χ2v) is 1.67. The number of nitrogens with zero attached hydrogens (tertiary/aromatic N) is 3. The van der Waals surface area contributed by atoms with Crippen molar-refractivity contribution in [2.45, 2.75) is 0 Å². The summed E-state index contributed by atoms with van der Waals surface area (Å²) in [5.74, 6) is 0. The zero-order chi connectivity index (χ0) is 5.98. The van der Waals surface area contributed by atoms with Gasteiger partial charge in [0.2, 0.25) is 0 Å². The van der Waals surface area contributed by atoms with Crippen LogP contribution in [0.3, 0.4) is 0 Å². The predicted octanol–water partition coefficient (Wildman–Crippen LogP) is 0.504. The van der Waals surface area contributed by atoms with Crippen LogP contribution in [0.5, 0.6) is 0 Å².